The van der Waals surface area contributed by atoms with Crippen molar-refractivity contribution < 1.29 is 0 Å². The van der Waals surface area contributed by atoms with Gasteiger partial charge in [0.15, 0.2) is 0 Å². The molecule has 0 nitrogen and oxygen atoms in total. The van der Waals surface area contributed by atoms with Gasteiger partial charge in [-0.2, -0.15) is 0 Å². The normalized spacial score (nSPS) is 28.2. The Kier molecular flexibility index (Phi) is 2.90. The first-order valence-corrected chi connectivity index (χ1v) is 6.01. The maximum Gasteiger partial charge on any atom is 0.125 e. The number of alkyl halides is 2. The molecular weight excluding hydrogens is 203 g/mol. The van der Waals surface area contributed by atoms with Crippen LogP contribution in [-0.4, -0.2) is 4.33 Å². The van der Waals surface area contributed by atoms with Gasteiger partial charge in [-0.25, -0.2) is 0 Å². The van der Waals surface area contributed by atoms with Gasteiger partial charge in [-0.3, -0.25) is 0 Å². The van der Waals surface area contributed by atoms with Crippen LogP contribution in [0, 0.1) is 0 Å². The molecule has 0 saturated carbocycles. The first-order chi connectivity index (χ1) is 6.17. The average molecular weight is 219 g/mol. The summed E-state index contributed by atoms with van der Waals surface area (Å²) in [5.41, 5.74) is 3.15. The molecule has 2 aliphatic carbocycles. The number of halogens is 2. The number of hydrogen-bond donors (Lipinski definition) is 0. The molecule has 2 aliphatic rings. The molecule has 74 valence electrons. The molecule has 2 rings (SSSR count). The van der Waals surface area contributed by atoms with Gasteiger partial charge in [-0.05, 0) is 25.7 Å². The van der Waals surface area contributed by atoms with E-state index in [4.69, 9.17) is 23.2 Å². The second kappa shape index (κ2) is 3.82. The average Bonchev–Trinajstić information content (AvgIpc) is 2.27. The minimum Gasteiger partial charge on any atom is -0.101 e. The van der Waals surface area contributed by atoms with Gasteiger partial charge in [-0.15, -0.1) is 23.2 Å². The topological polar surface area (TPSA) is 0 Å². The zero-order valence-electron chi connectivity index (χ0n) is 7.91. The van der Waals surface area contributed by atoms with Gasteiger partial charge in [0, 0.05) is 12.8 Å². The van der Waals surface area contributed by atoms with E-state index < -0.39 is 4.33 Å². The molecule has 0 aliphatic heterocycles. The number of hydrogen-bond acceptors (Lipinski definition) is 0. The summed E-state index contributed by atoms with van der Waals surface area (Å²) in [5.74, 6) is 0. The van der Waals surface area contributed by atoms with Crippen LogP contribution in [-0.2, 0) is 0 Å². The molecule has 0 aromatic rings. The maximum atomic E-state index is 6.17. The largest absolute Gasteiger partial charge is 0.125 e. The summed E-state index contributed by atoms with van der Waals surface area (Å²) in [6, 6.07) is 0. The Labute approximate surface area is 90.3 Å². The van der Waals surface area contributed by atoms with E-state index >= 15 is 0 Å². The number of rotatable bonds is 0. The van der Waals surface area contributed by atoms with E-state index in [1.165, 1.54) is 38.5 Å². The Morgan fingerprint density at radius 1 is 0.769 bits per heavy atom. The van der Waals surface area contributed by atoms with Crippen molar-refractivity contribution in [2.75, 3.05) is 0 Å². The fourth-order valence-corrected chi connectivity index (χ4v) is 3.14. The Hall–Kier alpha value is 0.320. The first-order valence-electron chi connectivity index (χ1n) is 5.25. The van der Waals surface area contributed by atoms with Crippen molar-refractivity contribution in [1.82, 2.24) is 0 Å². The molecule has 0 bridgehead atoms. The second-order valence-corrected chi connectivity index (χ2v) is 5.97. The predicted molar refractivity (Wildman–Crippen MR) is 58.4 cm³/mol. The van der Waals surface area contributed by atoms with Crippen LogP contribution in [0.25, 0.3) is 0 Å². The Balaban J connectivity index is 2.09. The third-order valence-electron chi connectivity index (χ3n) is 3.15. The Bertz CT molecular complexity index is 206. The van der Waals surface area contributed by atoms with E-state index in [0.717, 1.165) is 12.8 Å². The molecule has 0 heterocycles. The molecule has 0 amide bonds. The molecule has 13 heavy (non-hydrogen) atoms. The van der Waals surface area contributed by atoms with Crippen LogP contribution in [0.2, 0.25) is 0 Å². The highest BCUT2D eigenvalue weighted by Gasteiger charge is 2.34. The summed E-state index contributed by atoms with van der Waals surface area (Å²) in [4.78, 5) is 0. The molecule has 0 aromatic heterocycles. The number of allylic oxidation sites excluding steroid dienone is 2. The summed E-state index contributed by atoms with van der Waals surface area (Å²) in [6.07, 6.45) is 9.78. The van der Waals surface area contributed by atoms with Crippen LogP contribution in [0.5, 0.6) is 0 Å². The van der Waals surface area contributed by atoms with Crippen LogP contribution in [0.15, 0.2) is 11.1 Å². The van der Waals surface area contributed by atoms with Crippen molar-refractivity contribution in [3.05, 3.63) is 11.1 Å². The van der Waals surface area contributed by atoms with Crippen molar-refractivity contribution in [3.63, 3.8) is 0 Å². The Morgan fingerprint density at radius 3 is 1.69 bits per heavy atom. The monoisotopic (exact) mass is 218 g/mol. The molecule has 0 atom stereocenters. The highest BCUT2D eigenvalue weighted by atomic mass is 35.5. The lowest BCUT2D eigenvalue weighted by molar-refractivity contribution is 0.611. The zero-order valence-corrected chi connectivity index (χ0v) is 9.42. The van der Waals surface area contributed by atoms with E-state index in [1.54, 1.807) is 11.1 Å². The van der Waals surface area contributed by atoms with Crippen LogP contribution >= 0.6 is 23.2 Å². The third-order valence-corrected chi connectivity index (χ3v) is 3.69. The summed E-state index contributed by atoms with van der Waals surface area (Å²) in [5, 5.41) is 0. The summed E-state index contributed by atoms with van der Waals surface area (Å²) < 4.78 is -0.463. The fraction of sp³-hybridized carbons (Fsp3) is 0.818. The van der Waals surface area contributed by atoms with E-state index in [0.29, 0.717) is 0 Å². The molecule has 0 radical (unpaired) electrons. The molecule has 0 saturated heterocycles. The van der Waals surface area contributed by atoms with Gasteiger partial charge >= 0.3 is 0 Å². The standard InChI is InChI=1S/C11H16Cl2/c12-11(13)7-9-5-3-1-2-4-6-10(9)8-11/h1-8H2. The van der Waals surface area contributed by atoms with Crippen LogP contribution in [0.3, 0.4) is 0 Å². The molecule has 0 unspecified atom stereocenters. The van der Waals surface area contributed by atoms with Gasteiger partial charge in [-0.1, -0.05) is 24.0 Å². The third kappa shape index (κ3) is 2.41. The summed E-state index contributed by atoms with van der Waals surface area (Å²) in [7, 11) is 0. The smallest absolute Gasteiger partial charge is 0.101 e. The molecule has 0 fully saturated rings. The van der Waals surface area contributed by atoms with Gasteiger partial charge in [0.1, 0.15) is 4.33 Å². The van der Waals surface area contributed by atoms with Crippen LogP contribution in [0.4, 0.5) is 0 Å². The molecule has 0 aromatic carbocycles. The quantitative estimate of drug-likeness (QED) is 0.412. The maximum absolute atomic E-state index is 6.17. The zero-order chi connectivity index (χ0) is 9.31. The lowest BCUT2D eigenvalue weighted by Gasteiger charge is -2.10. The minimum absolute atomic E-state index is 0.463. The van der Waals surface area contributed by atoms with E-state index in [1.807, 2.05) is 0 Å². The summed E-state index contributed by atoms with van der Waals surface area (Å²) >= 11 is 12.3. The molecule has 2 heteroatoms. The van der Waals surface area contributed by atoms with Gasteiger partial charge < -0.3 is 0 Å². The molecule has 0 spiro atoms. The van der Waals surface area contributed by atoms with Crippen LogP contribution < -0.4 is 0 Å². The van der Waals surface area contributed by atoms with E-state index in [-0.39, 0.29) is 0 Å². The predicted octanol–water partition coefficient (Wildman–Crippen LogP) is 4.60. The highest BCUT2D eigenvalue weighted by molar-refractivity contribution is 6.48. The first kappa shape index (κ1) is 9.86. The summed E-state index contributed by atoms with van der Waals surface area (Å²) in [6.45, 7) is 0. The Morgan fingerprint density at radius 2 is 1.23 bits per heavy atom. The van der Waals surface area contributed by atoms with Crippen molar-refractivity contribution in [2.24, 2.45) is 0 Å². The van der Waals surface area contributed by atoms with Gasteiger partial charge in [0.05, 0.1) is 0 Å². The van der Waals surface area contributed by atoms with E-state index in [2.05, 4.69) is 0 Å². The second-order valence-electron chi connectivity index (χ2n) is 4.33. The van der Waals surface area contributed by atoms with Gasteiger partial charge in [0.25, 0.3) is 0 Å². The van der Waals surface area contributed by atoms with Gasteiger partial charge in [0.2, 0.25) is 0 Å². The lowest BCUT2D eigenvalue weighted by atomic mass is 9.95. The highest BCUT2D eigenvalue weighted by Crippen LogP contribution is 2.46. The van der Waals surface area contributed by atoms with Crippen molar-refractivity contribution >= 4 is 23.2 Å². The van der Waals surface area contributed by atoms with Crippen LogP contribution in [0.1, 0.15) is 51.4 Å². The lowest BCUT2D eigenvalue weighted by Crippen LogP contribution is -2.06. The van der Waals surface area contributed by atoms with Crippen molar-refractivity contribution in [1.29, 1.82) is 0 Å². The van der Waals surface area contributed by atoms with E-state index in [9.17, 15) is 0 Å². The fourth-order valence-electron chi connectivity index (χ4n) is 2.50. The molecule has 0 N–H and O–H groups in total. The minimum atomic E-state index is -0.463. The SMILES string of the molecule is ClC1(Cl)CC2=C(CCCCCC2)C1. The van der Waals surface area contributed by atoms with Crippen molar-refractivity contribution in [2.45, 2.75) is 55.7 Å². The van der Waals surface area contributed by atoms with Crippen molar-refractivity contribution in [3.8, 4) is 0 Å². The molecular formula is C11H16Cl2.